The van der Waals surface area contributed by atoms with Gasteiger partial charge in [-0.2, -0.15) is 0 Å². The summed E-state index contributed by atoms with van der Waals surface area (Å²) in [7, 11) is 0. The average molecular weight is 467 g/mol. The van der Waals surface area contributed by atoms with Crippen molar-refractivity contribution in [3.8, 4) is 0 Å². The van der Waals surface area contributed by atoms with Gasteiger partial charge in [0.2, 0.25) is 5.91 Å². The van der Waals surface area contributed by atoms with Gasteiger partial charge in [-0.25, -0.2) is 0 Å². The van der Waals surface area contributed by atoms with Crippen LogP contribution in [0.25, 0.3) is 0 Å². The third kappa shape index (κ3) is 4.88. The number of hydrogen-bond donors (Lipinski definition) is 3. The lowest BCUT2D eigenvalue weighted by Gasteiger charge is -2.49. The number of benzene rings is 1. The van der Waals surface area contributed by atoms with Crippen LogP contribution in [0, 0.1) is 17.3 Å². The van der Waals surface area contributed by atoms with Gasteiger partial charge >= 0.3 is 0 Å². The third-order valence-corrected chi connectivity index (χ3v) is 9.53. The SMILES string of the molecule is CCCCCN1CNc2ccc(NC(=O)C3CC4(C5CCCCC5)CCCC(C)C4N3)cc2C1. The first-order valence-electron chi connectivity index (χ1n) is 14.2. The van der Waals surface area contributed by atoms with Crippen LogP contribution in [0.1, 0.15) is 96.5 Å². The minimum atomic E-state index is -0.0628. The zero-order chi connectivity index (χ0) is 23.5. The molecule has 2 saturated carbocycles. The van der Waals surface area contributed by atoms with Crippen LogP contribution in [0.5, 0.6) is 0 Å². The molecule has 1 saturated heterocycles. The lowest BCUT2D eigenvalue weighted by molar-refractivity contribution is -0.118. The maximum atomic E-state index is 13.5. The van der Waals surface area contributed by atoms with E-state index in [1.165, 1.54) is 81.9 Å². The number of anilines is 2. The summed E-state index contributed by atoms with van der Waals surface area (Å²) in [6.07, 6.45) is 15.6. The molecule has 2 heterocycles. The number of carbonyl (C=O) groups excluding carboxylic acids is 1. The van der Waals surface area contributed by atoms with E-state index >= 15 is 0 Å². The number of unbranched alkanes of at least 4 members (excludes halogenated alkanes) is 2. The summed E-state index contributed by atoms with van der Waals surface area (Å²) in [6, 6.07) is 6.84. The summed E-state index contributed by atoms with van der Waals surface area (Å²) in [5, 5.41) is 10.7. The first-order valence-corrected chi connectivity index (χ1v) is 14.2. The van der Waals surface area contributed by atoms with Crippen molar-refractivity contribution in [1.82, 2.24) is 10.2 Å². The van der Waals surface area contributed by atoms with E-state index in [0.717, 1.165) is 37.8 Å². The molecular weight excluding hydrogens is 420 g/mol. The Labute approximate surface area is 206 Å². The van der Waals surface area contributed by atoms with E-state index in [1.54, 1.807) is 0 Å². The quantitative estimate of drug-likeness (QED) is 0.424. The summed E-state index contributed by atoms with van der Waals surface area (Å²) >= 11 is 0. The van der Waals surface area contributed by atoms with Gasteiger partial charge in [0.25, 0.3) is 0 Å². The van der Waals surface area contributed by atoms with Crippen LogP contribution in [0.4, 0.5) is 11.4 Å². The number of fused-ring (bicyclic) bond motifs is 2. The van der Waals surface area contributed by atoms with Crippen molar-refractivity contribution in [2.24, 2.45) is 17.3 Å². The molecule has 4 aliphatic rings. The molecule has 2 aliphatic heterocycles. The van der Waals surface area contributed by atoms with E-state index in [1.807, 2.05) is 0 Å². The largest absolute Gasteiger partial charge is 0.372 e. The lowest BCUT2D eigenvalue weighted by Crippen LogP contribution is -2.50. The Bertz CT molecular complexity index is 851. The highest BCUT2D eigenvalue weighted by Crippen LogP contribution is 2.55. The van der Waals surface area contributed by atoms with Gasteiger partial charge in [0.1, 0.15) is 0 Å². The number of hydrogen-bond acceptors (Lipinski definition) is 4. The third-order valence-electron chi connectivity index (χ3n) is 9.53. The van der Waals surface area contributed by atoms with Crippen molar-refractivity contribution >= 4 is 17.3 Å². The fourth-order valence-electron chi connectivity index (χ4n) is 7.77. The fraction of sp³-hybridized carbons (Fsp3) is 0.759. The van der Waals surface area contributed by atoms with Crippen molar-refractivity contribution in [2.75, 3.05) is 23.8 Å². The second kappa shape index (κ2) is 10.6. The van der Waals surface area contributed by atoms with Gasteiger partial charge < -0.3 is 16.0 Å². The number of nitrogens with zero attached hydrogens (tertiary/aromatic N) is 1. The summed E-state index contributed by atoms with van der Waals surface area (Å²) in [4.78, 5) is 16.0. The molecule has 188 valence electrons. The van der Waals surface area contributed by atoms with Crippen molar-refractivity contribution < 1.29 is 4.79 Å². The minimum Gasteiger partial charge on any atom is -0.372 e. The van der Waals surface area contributed by atoms with Crippen LogP contribution in [0.2, 0.25) is 0 Å². The van der Waals surface area contributed by atoms with E-state index < -0.39 is 0 Å². The zero-order valence-corrected chi connectivity index (χ0v) is 21.5. The average Bonchev–Trinajstić information content (AvgIpc) is 3.27. The molecule has 5 rings (SSSR count). The minimum absolute atomic E-state index is 0.0628. The Morgan fingerprint density at radius 3 is 2.82 bits per heavy atom. The van der Waals surface area contributed by atoms with Crippen LogP contribution >= 0.6 is 0 Å². The second-order valence-corrected chi connectivity index (χ2v) is 11.8. The summed E-state index contributed by atoms with van der Waals surface area (Å²) in [6.45, 7) is 7.67. The van der Waals surface area contributed by atoms with E-state index in [0.29, 0.717) is 17.4 Å². The molecule has 1 aromatic rings. The topological polar surface area (TPSA) is 56.4 Å². The molecule has 0 radical (unpaired) electrons. The first-order chi connectivity index (χ1) is 16.6. The second-order valence-electron chi connectivity index (χ2n) is 11.8. The van der Waals surface area contributed by atoms with Crippen molar-refractivity contribution in [2.45, 2.75) is 110 Å². The molecule has 3 fully saturated rings. The van der Waals surface area contributed by atoms with Crippen LogP contribution in [-0.4, -0.2) is 36.1 Å². The van der Waals surface area contributed by atoms with E-state index in [2.05, 4.69) is 52.9 Å². The van der Waals surface area contributed by atoms with Crippen molar-refractivity contribution in [1.29, 1.82) is 0 Å². The van der Waals surface area contributed by atoms with E-state index in [4.69, 9.17) is 0 Å². The molecule has 0 bridgehead atoms. The van der Waals surface area contributed by atoms with Gasteiger partial charge in [-0.15, -0.1) is 0 Å². The van der Waals surface area contributed by atoms with Crippen LogP contribution < -0.4 is 16.0 Å². The monoisotopic (exact) mass is 466 g/mol. The molecule has 2 aliphatic carbocycles. The molecule has 3 N–H and O–H groups in total. The highest BCUT2D eigenvalue weighted by Gasteiger charge is 2.55. The van der Waals surface area contributed by atoms with E-state index in [-0.39, 0.29) is 11.9 Å². The van der Waals surface area contributed by atoms with Gasteiger partial charge in [0, 0.05) is 30.5 Å². The predicted octanol–water partition coefficient (Wildman–Crippen LogP) is 6.12. The molecule has 4 unspecified atom stereocenters. The van der Waals surface area contributed by atoms with Gasteiger partial charge in [-0.3, -0.25) is 9.69 Å². The first kappa shape index (κ1) is 24.1. The maximum Gasteiger partial charge on any atom is 0.241 e. The van der Waals surface area contributed by atoms with Crippen LogP contribution in [0.15, 0.2) is 18.2 Å². The highest BCUT2D eigenvalue weighted by atomic mass is 16.2. The van der Waals surface area contributed by atoms with Gasteiger partial charge in [0.15, 0.2) is 0 Å². The normalized spacial score (nSPS) is 32.0. The Kier molecular flexibility index (Phi) is 7.50. The molecular formula is C29H46N4O. The molecule has 4 atom stereocenters. The van der Waals surface area contributed by atoms with Gasteiger partial charge in [-0.05, 0) is 79.5 Å². The van der Waals surface area contributed by atoms with Gasteiger partial charge in [-0.1, -0.05) is 52.4 Å². The lowest BCUT2D eigenvalue weighted by atomic mass is 9.57. The molecule has 1 aromatic carbocycles. The maximum absolute atomic E-state index is 13.5. The molecule has 34 heavy (non-hydrogen) atoms. The smallest absolute Gasteiger partial charge is 0.241 e. The fourth-order valence-corrected chi connectivity index (χ4v) is 7.77. The Hall–Kier alpha value is -1.59. The van der Waals surface area contributed by atoms with Crippen molar-refractivity contribution in [3.05, 3.63) is 23.8 Å². The number of rotatable bonds is 7. The highest BCUT2D eigenvalue weighted by molar-refractivity contribution is 5.95. The molecule has 0 aromatic heterocycles. The van der Waals surface area contributed by atoms with Gasteiger partial charge in [0.05, 0.1) is 12.7 Å². The molecule has 5 nitrogen and oxygen atoms in total. The van der Waals surface area contributed by atoms with Crippen molar-refractivity contribution in [3.63, 3.8) is 0 Å². The van der Waals surface area contributed by atoms with Crippen LogP contribution in [0.3, 0.4) is 0 Å². The van der Waals surface area contributed by atoms with E-state index in [9.17, 15) is 4.79 Å². The number of carbonyl (C=O) groups is 1. The summed E-state index contributed by atoms with van der Waals surface area (Å²) in [5.41, 5.74) is 3.77. The summed E-state index contributed by atoms with van der Waals surface area (Å²) in [5.74, 6) is 1.63. The number of nitrogens with one attached hydrogen (secondary N) is 3. The predicted molar refractivity (Wildman–Crippen MR) is 141 cm³/mol. The zero-order valence-electron chi connectivity index (χ0n) is 21.5. The Morgan fingerprint density at radius 2 is 2.00 bits per heavy atom. The Balaban J connectivity index is 1.25. The standard InChI is InChI=1S/C29H46N4O/c1-3-4-8-16-33-19-22-17-24(13-14-25(22)30-20-33)31-28(34)26-18-29(23-11-6-5-7-12-23)15-9-10-21(2)27(29)32-26/h13-14,17,21,23,26-27,30,32H,3-12,15-16,18-20H2,1-2H3,(H,31,34). The van der Waals surface area contributed by atoms with Crippen LogP contribution in [-0.2, 0) is 11.3 Å². The molecule has 0 spiro atoms. The number of amides is 1. The Morgan fingerprint density at radius 1 is 1.15 bits per heavy atom. The molecule has 5 heteroatoms. The molecule has 1 amide bonds. The summed E-state index contributed by atoms with van der Waals surface area (Å²) < 4.78 is 0.